The van der Waals surface area contributed by atoms with Gasteiger partial charge in [0.05, 0.1) is 0 Å². The molecule has 0 spiro atoms. The molecule has 148 valence electrons. The van der Waals surface area contributed by atoms with Gasteiger partial charge in [0, 0.05) is 6.42 Å². The molecule has 0 radical (unpaired) electrons. The maximum absolute atomic E-state index is 10.4. The molecule has 0 aromatic heterocycles. The molecule has 0 saturated heterocycles. The fourth-order valence-electron chi connectivity index (χ4n) is 2.66. The highest BCUT2D eigenvalue weighted by atomic mass is 16.4. The number of carboxylic acid groups (broad SMARTS) is 1. The number of carboxylic acids is 1. The van der Waals surface area contributed by atoms with Crippen LogP contribution in [-0.4, -0.2) is 11.1 Å². The molecule has 2 heteroatoms. The molecular weight excluding hydrogens is 320 g/mol. The van der Waals surface area contributed by atoms with E-state index in [0.717, 1.165) is 38.5 Å². The Bertz CT molecular complexity index is 416. The van der Waals surface area contributed by atoms with Gasteiger partial charge < -0.3 is 5.11 Å². The molecule has 0 heterocycles. The quantitative estimate of drug-likeness (QED) is 0.200. The summed E-state index contributed by atoms with van der Waals surface area (Å²) in [6.45, 7) is 2.16. The van der Waals surface area contributed by atoms with Gasteiger partial charge in [-0.15, -0.1) is 0 Å². The Morgan fingerprint density at radius 3 is 1.62 bits per heavy atom. The number of hydrogen-bond acceptors (Lipinski definition) is 1. The van der Waals surface area contributed by atoms with Crippen LogP contribution in [0.1, 0.15) is 96.8 Å². The first kappa shape index (κ1) is 24.4. The van der Waals surface area contributed by atoms with Gasteiger partial charge in [0.15, 0.2) is 0 Å². The molecule has 0 bridgehead atoms. The van der Waals surface area contributed by atoms with E-state index < -0.39 is 5.97 Å². The third-order valence-electron chi connectivity index (χ3n) is 4.20. The largest absolute Gasteiger partial charge is 0.481 e. The second kappa shape index (κ2) is 21.5. The molecule has 2 nitrogen and oxygen atoms in total. The number of unbranched alkanes of at least 4 members (excludes halogenated alkanes) is 8. The highest BCUT2D eigenvalue weighted by Crippen LogP contribution is 2.08. The van der Waals surface area contributed by atoms with Crippen LogP contribution in [0.4, 0.5) is 0 Å². The van der Waals surface area contributed by atoms with Crippen molar-refractivity contribution in [2.45, 2.75) is 96.8 Å². The number of allylic oxidation sites excluding steroid dienone is 8. The van der Waals surface area contributed by atoms with Gasteiger partial charge in [0.25, 0.3) is 0 Å². The van der Waals surface area contributed by atoms with E-state index in [1.54, 1.807) is 0 Å². The fourth-order valence-corrected chi connectivity index (χ4v) is 2.66. The molecule has 0 aromatic rings. The van der Waals surface area contributed by atoms with Crippen LogP contribution in [0.2, 0.25) is 0 Å². The van der Waals surface area contributed by atoms with Crippen LogP contribution < -0.4 is 0 Å². The summed E-state index contributed by atoms with van der Waals surface area (Å²) in [5.74, 6) is -0.671. The molecule has 0 aliphatic heterocycles. The van der Waals surface area contributed by atoms with Crippen LogP contribution in [0.25, 0.3) is 0 Å². The van der Waals surface area contributed by atoms with Crippen molar-refractivity contribution in [3.05, 3.63) is 48.6 Å². The van der Waals surface area contributed by atoms with Crippen LogP contribution in [0, 0.1) is 0 Å². The van der Waals surface area contributed by atoms with Crippen molar-refractivity contribution in [3.63, 3.8) is 0 Å². The molecular formula is C24H40O2. The second-order valence-corrected chi connectivity index (χ2v) is 6.75. The first-order chi connectivity index (χ1) is 12.8. The molecule has 0 aromatic carbocycles. The smallest absolute Gasteiger partial charge is 0.303 e. The maximum Gasteiger partial charge on any atom is 0.303 e. The highest BCUT2D eigenvalue weighted by molar-refractivity contribution is 5.66. The lowest BCUT2D eigenvalue weighted by molar-refractivity contribution is -0.137. The Morgan fingerprint density at radius 1 is 0.615 bits per heavy atom. The molecule has 0 rings (SSSR count). The van der Waals surface area contributed by atoms with Crippen LogP contribution in [0.3, 0.4) is 0 Å². The SMILES string of the molecule is CC/C=C\C/C=C\C/C=C\CCCC/C=C\CCCCCCCC(=O)O. The summed E-state index contributed by atoms with van der Waals surface area (Å²) in [6.07, 6.45) is 33.2. The van der Waals surface area contributed by atoms with Crippen molar-refractivity contribution in [1.29, 1.82) is 0 Å². The summed E-state index contributed by atoms with van der Waals surface area (Å²) >= 11 is 0. The zero-order valence-electron chi connectivity index (χ0n) is 16.9. The minimum atomic E-state index is -0.671. The van der Waals surface area contributed by atoms with E-state index in [0.29, 0.717) is 6.42 Å². The number of hydrogen-bond donors (Lipinski definition) is 1. The monoisotopic (exact) mass is 360 g/mol. The minimum absolute atomic E-state index is 0.322. The normalized spacial score (nSPS) is 12.3. The Hall–Kier alpha value is -1.57. The van der Waals surface area contributed by atoms with E-state index in [1.807, 2.05) is 0 Å². The summed E-state index contributed by atoms with van der Waals surface area (Å²) in [5.41, 5.74) is 0. The average Bonchev–Trinajstić information content (AvgIpc) is 2.62. The maximum atomic E-state index is 10.4. The van der Waals surface area contributed by atoms with Gasteiger partial charge in [-0.25, -0.2) is 0 Å². The van der Waals surface area contributed by atoms with E-state index in [2.05, 4.69) is 55.5 Å². The zero-order chi connectivity index (χ0) is 19.1. The Balaban J connectivity index is 3.26. The fraction of sp³-hybridized carbons (Fsp3) is 0.625. The molecule has 0 saturated carbocycles. The van der Waals surface area contributed by atoms with Crippen molar-refractivity contribution in [2.24, 2.45) is 0 Å². The molecule has 26 heavy (non-hydrogen) atoms. The van der Waals surface area contributed by atoms with Gasteiger partial charge in [-0.3, -0.25) is 4.79 Å². The van der Waals surface area contributed by atoms with Crippen molar-refractivity contribution in [3.8, 4) is 0 Å². The Labute approximate surface area is 161 Å². The van der Waals surface area contributed by atoms with Gasteiger partial charge in [-0.05, 0) is 64.2 Å². The Kier molecular flexibility index (Phi) is 20.2. The molecule has 0 amide bonds. The molecule has 0 aliphatic rings. The third kappa shape index (κ3) is 22.4. The van der Waals surface area contributed by atoms with E-state index in [4.69, 9.17) is 5.11 Å². The molecule has 0 fully saturated rings. The third-order valence-corrected chi connectivity index (χ3v) is 4.20. The van der Waals surface area contributed by atoms with E-state index in [9.17, 15) is 4.79 Å². The standard InChI is InChI=1S/C24H40O2/c1-2-3-4-5-6-7-8-9-10-11-12-13-14-15-16-17-18-19-20-21-22-23-24(25)26/h3-4,6-7,9-10,15-16H,2,5,8,11-14,17-23H2,1H3,(H,25,26)/b4-3-,7-6-,10-9-,16-15-. The van der Waals surface area contributed by atoms with Gasteiger partial charge >= 0.3 is 5.97 Å². The van der Waals surface area contributed by atoms with E-state index in [1.165, 1.54) is 44.9 Å². The number of aliphatic carboxylic acids is 1. The van der Waals surface area contributed by atoms with Crippen molar-refractivity contribution in [1.82, 2.24) is 0 Å². The first-order valence-electron chi connectivity index (χ1n) is 10.6. The Morgan fingerprint density at radius 2 is 1.04 bits per heavy atom. The van der Waals surface area contributed by atoms with Crippen molar-refractivity contribution in [2.75, 3.05) is 0 Å². The number of rotatable bonds is 18. The van der Waals surface area contributed by atoms with E-state index in [-0.39, 0.29) is 0 Å². The van der Waals surface area contributed by atoms with Crippen LogP contribution in [0.15, 0.2) is 48.6 Å². The first-order valence-corrected chi connectivity index (χ1v) is 10.6. The van der Waals surface area contributed by atoms with Crippen LogP contribution in [0.5, 0.6) is 0 Å². The van der Waals surface area contributed by atoms with Crippen molar-refractivity contribution >= 4 is 5.97 Å². The predicted octanol–water partition coefficient (Wildman–Crippen LogP) is 7.78. The summed E-state index contributed by atoms with van der Waals surface area (Å²) in [4.78, 5) is 10.4. The van der Waals surface area contributed by atoms with Gasteiger partial charge in [0.1, 0.15) is 0 Å². The highest BCUT2D eigenvalue weighted by Gasteiger charge is 1.95. The number of carbonyl (C=O) groups is 1. The molecule has 0 unspecified atom stereocenters. The predicted molar refractivity (Wildman–Crippen MR) is 115 cm³/mol. The summed E-state index contributed by atoms with van der Waals surface area (Å²) in [7, 11) is 0. The topological polar surface area (TPSA) is 37.3 Å². The van der Waals surface area contributed by atoms with E-state index >= 15 is 0 Å². The van der Waals surface area contributed by atoms with Gasteiger partial charge in [-0.2, -0.15) is 0 Å². The van der Waals surface area contributed by atoms with Crippen LogP contribution >= 0.6 is 0 Å². The van der Waals surface area contributed by atoms with Crippen LogP contribution in [-0.2, 0) is 4.79 Å². The van der Waals surface area contributed by atoms with Gasteiger partial charge in [-0.1, -0.05) is 74.8 Å². The lowest BCUT2D eigenvalue weighted by Gasteiger charge is -1.98. The zero-order valence-corrected chi connectivity index (χ0v) is 16.9. The average molecular weight is 361 g/mol. The lowest BCUT2D eigenvalue weighted by Crippen LogP contribution is -1.93. The summed E-state index contributed by atoms with van der Waals surface area (Å²) in [6, 6.07) is 0. The molecule has 0 atom stereocenters. The minimum Gasteiger partial charge on any atom is -0.481 e. The van der Waals surface area contributed by atoms with Gasteiger partial charge in [0.2, 0.25) is 0 Å². The lowest BCUT2D eigenvalue weighted by atomic mass is 10.1. The summed E-state index contributed by atoms with van der Waals surface area (Å²) in [5, 5.41) is 8.55. The van der Waals surface area contributed by atoms with Crippen molar-refractivity contribution < 1.29 is 9.90 Å². The second-order valence-electron chi connectivity index (χ2n) is 6.75. The molecule has 0 aliphatic carbocycles. The molecule has 1 N–H and O–H groups in total. The summed E-state index contributed by atoms with van der Waals surface area (Å²) < 4.78 is 0.